The molecule has 0 spiro atoms. The Morgan fingerprint density at radius 2 is 0.664 bits per heavy atom. The standard InChI is InChI=1S/2C19H13Cl2N7O2.C18H12Cl2FN5O2.C14H9BrCl2N2O2.C4H4FN3.CHN2.CH4.Na/c2*1-19(10-3-2-4-11(20)5-10)27-17(29)16-12(21)6-13(18(30)28(16)19)26-15-7-14(23-8-22)24-9-25-15;1-18(9-3-2-4-10(19)5-9)25-16(27)15-11(20)6-12(17(28)26(15)18)24-14-7-13(21)22-8-23-14;1-14(7-3-2-4-8(16)5-7)18-12(20)11-10(17)6-9(15)13(21)19(11)14;5-3-1-4(6)8-2-7-3;2-1-3;;/h2*2-7,9H,1H3,(H,27,29)(H2,23,24,25,26);2-8H,1H3,(H,25,27)(H,22,23,24);2-6H,1H3,(H,18,20);1-2H,(H2,6,7,8);2H;1H4;/q;;;;;-1;;+1. The third-order valence-electron chi connectivity index (χ3n) is 18.0. The van der Waals surface area contributed by atoms with E-state index in [1.165, 1.54) is 67.3 Å². The predicted molar refractivity (Wildman–Crippen MR) is 455 cm³/mol. The number of anilines is 9. The van der Waals surface area contributed by atoms with Crippen LogP contribution in [0, 0.1) is 46.3 Å². The number of nitrogens with zero attached hydrogens (tertiary/aromatic N) is 15. The van der Waals surface area contributed by atoms with Crippen LogP contribution in [0.5, 0.6) is 0 Å². The molecule has 4 unspecified atom stereocenters. The molecule has 12 aromatic rings. The number of rotatable bonds is 12. The molecule has 4 amide bonds. The number of halogens is 11. The summed E-state index contributed by atoms with van der Waals surface area (Å²) in [6, 6.07) is 37.9. The smallest absolute Gasteiger partial charge is 0.494 e. The number of nitriles is 3. The van der Waals surface area contributed by atoms with Crippen molar-refractivity contribution in [2.24, 2.45) is 0 Å². The molecule has 4 aliphatic rings. The minimum atomic E-state index is -1.22. The van der Waals surface area contributed by atoms with E-state index < -0.39 is 74.9 Å². The first-order chi connectivity index (χ1) is 57.0. The summed E-state index contributed by atoms with van der Waals surface area (Å²) in [5, 5.41) is 51.3. The van der Waals surface area contributed by atoms with Gasteiger partial charge in [0.05, 0.1) is 24.6 Å². The third-order valence-corrected chi connectivity index (χ3v) is 20.6. The number of amides is 4. The van der Waals surface area contributed by atoms with Gasteiger partial charge in [0.1, 0.15) is 123 Å². The molecule has 0 radical (unpaired) electrons. The van der Waals surface area contributed by atoms with E-state index in [4.69, 9.17) is 120 Å². The summed E-state index contributed by atoms with van der Waals surface area (Å²) in [7, 11) is 0. The fourth-order valence-corrected chi connectivity index (χ4v) is 15.1. The maximum absolute atomic E-state index is 13.4. The molecule has 34 nitrogen and oxygen atoms in total. The van der Waals surface area contributed by atoms with Gasteiger partial charge in [-0.3, -0.25) is 67.3 Å². The van der Waals surface area contributed by atoms with Crippen molar-refractivity contribution in [3.05, 3.63) is 320 Å². The number of carbonyl (C=O) groups is 4. The van der Waals surface area contributed by atoms with Gasteiger partial charge in [0.2, 0.25) is 11.9 Å². The molecule has 8 aromatic heterocycles. The number of fused-ring (bicyclic) bond motifs is 4. The number of carbonyl (C=O) groups excluding carboxylic acids is 4. The normalized spacial score (nSPS) is 16.7. The molecular weight excluding hydrogens is 1830 g/mol. The molecule has 122 heavy (non-hydrogen) atoms. The summed E-state index contributed by atoms with van der Waals surface area (Å²) in [4.78, 5) is 132. The molecule has 4 atom stereocenters. The van der Waals surface area contributed by atoms with Gasteiger partial charge in [0, 0.05) is 44.4 Å². The van der Waals surface area contributed by atoms with Crippen LogP contribution in [0.1, 0.15) is 99.3 Å². The zero-order chi connectivity index (χ0) is 87.0. The Kier molecular flexibility index (Phi) is 29.9. The molecular formula is C76H56BrCl8F2N26NaO8. The summed E-state index contributed by atoms with van der Waals surface area (Å²) in [6.45, 7) is 6.78. The van der Waals surface area contributed by atoms with E-state index in [1.54, 1.807) is 137 Å². The van der Waals surface area contributed by atoms with Crippen molar-refractivity contribution in [1.82, 2.24) is 79.4 Å². The van der Waals surface area contributed by atoms with Crippen LogP contribution in [0.15, 0.2) is 195 Å². The topological polar surface area (TPSA) is 489 Å². The zero-order valence-corrected chi connectivity index (χ0v) is 72.0. The van der Waals surface area contributed by atoms with E-state index >= 15 is 0 Å². The average molecular weight is 1890 g/mol. The van der Waals surface area contributed by atoms with Gasteiger partial charge < -0.3 is 53.9 Å². The molecule has 4 aliphatic heterocycles. The molecule has 12 N–H and O–H groups in total. The largest absolute Gasteiger partial charge is 1.00 e. The number of nitrogen functional groups attached to an aromatic ring is 1. The Labute approximate surface area is 759 Å². The Hall–Kier alpha value is -12.4. The molecule has 16 rings (SSSR count). The summed E-state index contributed by atoms with van der Waals surface area (Å²) in [5.74, 6) is -1.95. The van der Waals surface area contributed by atoms with Crippen LogP contribution in [0.4, 0.5) is 60.8 Å². The van der Waals surface area contributed by atoms with Crippen molar-refractivity contribution in [2.45, 2.75) is 57.8 Å². The van der Waals surface area contributed by atoms with Crippen LogP contribution >= 0.6 is 109 Å². The van der Waals surface area contributed by atoms with Crippen molar-refractivity contribution in [2.75, 3.05) is 32.3 Å². The molecule has 0 aliphatic carbocycles. The van der Waals surface area contributed by atoms with E-state index in [0.717, 1.165) is 31.0 Å². The summed E-state index contributed by atoms with van der Waals surface area (Å²) >= 11 is 52.6. The van der Waals surface area contributed by atoms with Crippen molar-refractivity contribution >= 4 is 184 Å². The molecule has 12 heterocycles. The first kappa shape index (κ1) is 93.5. The summed E-state index contributed by atoms with van der Waals surface area (Å²) < 4.78 is 30.8. The Morgan fingerprint density at radius 3 is 0.934 bits per heavy atom. The first-order valence-corrected chi connectivity index (χ1v) is 37.7. The zero-order valence-electron chi connectivity index (χ0n) is 62.4. The van der Waals surface area contributed by atoms with Crippen LogP contribution < -0.4 is 105 Å². The number of aromatic nitrogens is 12. The van der Waals surface area contributed by atoms with Crippen LogP contribution in [0.25, 0.3) is 5.73 Å². The van der Waals surface area contributed by atoms with Gasteiger partial charge in [0.15, 0.2) is 12.4 Å². The van der Waals surface area contributed by atoms with E-state index in [2.05, 4.69) is 104 Å². The van der Waals surface area contributed by atoms with Crippen LogP contribution in [-0.4, -0.2) is 81.8 Å². The van der Waals surface area contributed by atoms with Gasteiger partial charge in [-0.2, -0.15) is 19.3 Å². The Morgan fingerprint density at radius 1 is 0.402 bits per heavy atom. The monoisotopic (exact) mass is 1880 g/mol. The summed E-state index contributed by atoms with van der Waals surface area (Å²) in [6.07, 6.45) is 9.07. The maximum atomic E-state index is 13.4. The number of benzene rings is 4. The first-order valence-electron chi connectivity index (χ1n) is 33.9. The van der Waals surface area contributed by atoms with Gasteiger partial charge in [-0.25, -0.2) is 39.9 Å². The van der Waals surface area contributed by atoms with Crippen LogP contribution in [-0.2, 0) is 22.7 Å². The molecule has 0 bridgehead atoms. The van der Waals surface area contributed by atoms with E-state index in [1.807, 2.05) is 0 Å². The third kappa shape index (κ3) is 19.6. The average Bonchev–Trinajstić information content (AvgIpc) is 1.59. The maximum Gasteiger partial charge on any atom is 1.00 e. The van der Waals surface area contributed by atoms with Crippen molar-refractivity contribution < 1.29 is 57.5 Å². The minimum absolute atomic E-state index is 0. The fourth-order valence-electron chi connectivity index (χ4n) is 12.7. The van der Waals surface area contributed by atoms with Gasteiger partial charge in [-0.05, 0) is 139 Å². The number of hydrogen-bond acceptors (Lipinski definition) is 25. The quantitative estimate of drug-likeness (QED) is 0.0235. The van der Waals surface area contributed by atoms with Crippen molar-refractivity contribution in [1.29, 1.82) is 15.8 Å². The molecule has 616 valence electrons. The number of nitrogens with one attached hydrogen (secondary N) is 10. The SMILES string of the molecule is C.CC1(c2cccc(Cl)c2)NC(=O)c2c(Cl)cc(Br)c(=O)n21.CC1(c2cccc(Cl)c2)NC(=O)c2c(Cl)cc(Nc3cc(F)ncn3)c(=O)n21.CC1(c2cccc(Cl)c2)NC(=O)c2c(Cl)cc(Nc3cc(NC#N)ncn3)c(=O)n21.CC1(c2cccc(Cl)c2)NC(=O)c2c(Cl)cc(Nc3cc(NC#N)ncn3)c(=O)n21.N#C[NH-].Nc1cc(F)ncn1.[Na+]. The number of nitrogens with two attached hydrogens (primary N) is 1. The second-order valence-electron chi connectivity index (χ2n) is 25.7. The Bertz CT molecular complexity index is 6370. The van der Waals surface area contributed by atoms with Gasteiger partial charge in [-0.15, -0.1) is 0 Å². The molecule has 4 aromatic carbocycles. The minimum Gasteiger partial charge on any atom is -0.494 e. The van der Waals surface area contributed by atoms with E-state index in [-0.39, 0.29) is 137 Å². The number of pyridine rings is 4. The number of hydrogen-bond donors (Lipinski definition) is 10. The van der Waals surface area contributed by atoms with Crippen molar-refractivity contribution in [3.63, 3.8) is 0 Å². The predicted octanol–water partition coefficient (Wildman–Crippen LogP) is 11.1. The van der Waals surface area contributed by atoms with Gasteiger partial charge in [-0.1, -0.05) is 155 Å². The molecule has 0 fully saturated rings. The van der Waals surface area contributed by atoms with E-state index in [0.29, 0.717) is 46.8 Å². The van der Waals surface area contributed by atoms with Gasteiger partial charge >= 0.3 is 29.6 Å². The molecule has 0 saturated carbocycles. The van der Waals surface area contributed by atoms with Crippen LogP contribution in [0.3, 0.4) is 0 Å². The second-order valence-corrected chi connectivity index (χ2v) is 29.9. The van der Waals surface area contributed by atoms with Crippen LogP contribution in [0.2, 0.25) is 40.2 Å². The fraction of sp³-hybridized carbons (Fsp3) is 0.118. The van der Waals surface area contributed by atoms with Gasteiger partial charge in [0.25, 0.3) is 45.9 Å². The second kappa shape index (κ2) is 39.0. The van der Waals surface area contributed by atoms with Crippen molar-refractivity contribution in [3.8, 4) is 18.6 Å². The Balaban J connectivity index is 0.000000177. The summed E-state index contributed by atoms with van der Waals surface area (Å²) in [5.41, 5.74) is 7.03. The van der Waals surface area contributed by atoms with E-state index in [9.17, 15) is 47.1 Å². The molecule has 0 saturated heterocycles. The molecule has 46 heteroatoms.